The summed E-state index contributed by atoms with van der Waals surface area (Å²) in [6.07, 6.45) is 1.43. The molecule has 2 heterocycles. The molecule has 1 atom stereocenters. The molecule has 0 spiro atoms. The summed E-state index contributed by atoms with van der Waals surface area (Å²) < 4.78 is 16.1. The van der Waals surface area contributed by atoms with Crippen LogP contribution in [-0.2, 0) is 9.59 Å². The SMILES string of the molecule is COc1ccc(OC)c(/C(O)=C2/C(=O)C(=O)N(c3ccc(Cl)cc3)C2c2ccco2)c1. The number of benzene rings is 2. The molecule has 1 saturated heterocycles. The standard InChI is InChI=1S/C23H18ClNO6/c1-29-15-9-10-17(30-2)16(12-15)21(26)19-20(18-4-3-11-31-18)25(23(28)22(19)27)14-7-5-13(24)6-8-14/h3-12,20,26H,1-2H3/b21-19-. The second-order valence-corrected chi connectivity index (χ2v) is 7.16. The minimum atomic E-state index is -0.980. The summed E-state index contributed by atoms with van der Waals surface area (Å²) in [5.41, 5.74) is 0.526. The summed E-state index contributed by atoms with van der Waals surface area (Å²) in [5, 5.41) is 11.7. The van der Waals surface area contributed by atoms with Crippen LogP contribution in [0.5, 0.6) is 11.5 Å². The van der Waals surface area contributed by atoms with Crippen molar-refractivity contribution >= 4 is 34.7 Å². The highest BCUT2D eigenvalue weighted by Crippen LogP contribution is 2.44. The zero-order valence-corrected chi connectivity index (χ0v) is 17.4. The van der Waals surface area contributed by atoms with Gasteiger partial charge in [0, 0.05) is 10.7 Å². The first-order valence-corrected chi connectivity index (χ1v) is 9.66. The average molecular weight is 440 g/mol. The van der Waals surface area contributed by atoms with Crippen LogP contribution in [0.4, 0.5) is 5.69 Å². The van der Waals surface area contributed by atoms with Gasteiger partial charge in [-0.15, -0.1) is 0 Å². The molecule has 1 amide bonds. The predicted molar refractivity (Wildman–Crippen MR) is 114 cm³/mol. The summed E-state index contributed by atoms with van der Waals surface area (Å²) in [7, 11) is 2.92. The van der Waals surface area contributed by atoms with E-state index in [0.717, 1.165) is 0 Å². The van der Waals surface area contributed by atoms with E-state index in [-0.39, 0.29) is 11.1 Å². The zero-order chi connectivity index (χ0) is 22.1. The fourth-order valence-corrected chi connectivity index (χ4v) is 3.69. The Kier molecular flexibility index (Phi) is 5.44. The summed E-state index contributed by atoms with van der Waals surface area (Å²) in [5.74, 6) is -0.964. The molecule has 1 aliphatic rings. The molecule has 1 unspecified atom stereocenters. The third-order valence-corrected chi connectivity index (χ3v) is 5.28. The molecule has 1 aromatic heterocycles. The summed E-state index contributed by atoms with van der Waals surface area (Å²) in [4.78, 5) is 27.4. The van der Waals surface area contributed by atoms with E-state index in [2.05, 4.69) is 0 Å². The van der Waals surface area contributed by atoms with Crippen molar-refractivity contribution in [2.75, 3.05) is 19.1 Å². The fraction of sp³-hybridized carbons (Fsp3) is 0.130. The van der Waals surface area contributed by atoms with Gasteiger partial charge in [-0.25, -0.2) is 0 Å². The molecular formula is C23H18ClNO6. The highest BCUT2D eigenvalue weighted by molar-refractivity contribution is 6.51. The van der Waals surface area contributed by atoms with Gasteiger partial charge in [0.25, 0.3) is 11.7 Å². The number of ketones is 1. The molecule has 0 aliphatic carbocycles. The van der Waals surface area contributed by atoms with Gasteiger partial charge in [-0.3, -0.25) is 14.5 Å². The van der Waals surface area contributed by atoms with E-state index in [4.69, 9.17) is 25.5 Å². The number of ether oxygens (including phenoxy) is 2. The molecule has 7 nitrogen and oxygen atoms in total. The quantitative estimate of drug-likeness (QED) is 0.355. The molecule has 1 aliphatic heterocycles. The van der Waals surface area contributed by atoms with Crippen molar-refractivity contribution in [3.05, 3.63) is 82.8 Å². The molecule has 0 bridgehead atoms. The van der Waals surface area contributed by atoms with Crippen LogP contribution in [-0.4, -0.2) is 31.0 Å². The van der Waals surface area contributed by atoms with Gasteiger partial charge in [-0.05, 0) is 54.6 Å². The van der Waals surface area contributed by atoms with Crippen molar-refractivity contribution in [2.24, 2.45) is 0 Å². The monoisotopic (exact) mass is 439 g/mol. The zero-order valence-electron chi connectivity index (χ0n) is 16.7. The lowest BCUT2D eigenvalue weighted by Crippen LogP contribution is -2.29. The number of carbonyl (C=O) groups is 2. The number of carbonyl (C=O) groups excluding carboxylic acids is 2. The Morgan fingerprint density at radius 1 is 1.06 bits per heavy atom. The van der Waals surface area contributed by atoms with Crippen molar-refractivity contribution < 1.29 is 28.6 Å². The number of anilines is 1. The van der Waals surface area contributed by atoms with Crippen molar-refractivity contribution in [3.63, 3.8) is 0 Å². The van der Waals surface area contributed by atoms with E-state index >= 15 is 0 Å². The van der Waals surface area contributed by atoms with Gasteiger partial charge < -0.3 is 19.0 Å². The molecule has 2 aromatic carbocycles. The lowest BCUT2D eigenvalue weighted by Gasteiger charge is -2.23. The number of aliphatic hydroxyl groups excluding tert-OH is 1. The number of furan rings is 1. The molecule has 3 aromatic rings. The highest BCUT2D eigenvalue weighted by atomic mass is 35.5. The van der Waals surface area contributed by atoms with E-state index in [1.807, 2.05) is 0 Å². The molecular weight excluding hydrogens is 422 g/mol. The molecule has 1 fully saturated rings. The topological polar surface area (TPSA) is 89.2 Å². The molecule has 8 heteroatoms. The number of amides is 1. The molecule has 0 saturated carbocycles. The lowest BCUT2D eigenvalue weighted by atomic mass is 9.98. The molecule has 31 heavy (non-hydrogen) atoms. The lowest BCUT2D eigenvalue weighted by molar-refractivity contribution is -0.132. The third kappa shape index (κ3) is 3.53. The molecule has 1 N–H and O–H groups in total. The van der Waals surface area contributed by atoms with Gasteiger partial charge in [-0.1, -0.05) is 11.6 Å². The number of rotatable bonds is 5. The van der Waals surface area contributed by atoms with Crippen molar-refractivity contribution in [1.82, 2.24) is 0 Å². The van der Waals surface area contributed by atoms with Crippen LogP contribution in [0.3, 0.4) is 0 Å². The Morgan fingerprint density at radius 2 is 1.81 bits per heavy atom. The van der Waals surface area contributed by atoms with Crippen LogP contribution < -0.4 is 14.4 Å². The number of Topliss-reactive ketones (excluding diaryl/α,β-unsaturated/α-hetero) is 1. The van der Waals surface area contributed by atoms with Crippen molar-refractivity contribution in [3.8, 4) is 11.5 Å². The van der Waals surface area contributed by atoms with E-state index < -0.39 is 23.5 Å². The Morgan fingerprint density at radius 3 is 2.42 bits per heavy atom. The van der Waals surface area contributed by atoms with Crippen molar-refractivity contribution in [2.45, 2.75) is 6.04 Å². The normalized spacial score (nSPS) is 17.8. The second-order valence-electron chi connectivity index (χ2n) is 6.73. The van der Waals surface area contributed by atoms with Gasteiger partial charge in [0.1, 0.15) is 29.1 Å². The highest BCUT2D eigenvalue weighted by Gasteiger charge is 2.48. The fourth-order valence-electron chi connectivity index (χ4n) is 3.56. The summed E-state index contributed by atoms with van der Waals surface area (Å²) in [6.45, 7) is 0. The van der Waals surface area contributed by atoms with Crippen molar-refractivity contribution in [1.29, 1.82) is 0 Å². The maximum absolute atomic E-state index is 13.1. The second kappa shape index (κ2) is 8.20. The number of methoxy groups -OCH3 is 2. The van der Waals surface area contributed by atoms with Crippen LogP contribution in [0.15, 0.2) is 70.9 Å². The first-order valence-electron chi connectivity index (χ1n) is 9.28. The summed E-state index contributed by atoms with van der Waals surface area (Å²) >= 11 is 5.98. The van der Waals surface area contributed by atoms with Crippen LogP contribution in [0.1, 0.15) is 17.4 Å². The van der Waals surface area contributed by atoms with Crippen LogP contribution in [0.25, 0.3) is 5.76 Å². The maximum Gasteiger partial charge on any atom is 0.300 e. The van der Waals surface area contributed by atoms with E-state index in [1.54, 1.807) is 48.5 Å². The predicted octanol–water partition coefficient (Wildman–Crippen LogP) is 4.58. The van der Waals surface area contributed by atoms with Crippen LogP contribution in [0, 0.1) is 0 Å². The number of nitrogens with zero attached hydrogens (tertiary/aromatic N) is 1. The smallest absolute Gasteiger partial charge is 0.300 e. The number of hydrogen-bond acceptors (Lipinski definition) is 6. The average Bonchev–Trinajstić information content (AvgIpc) is 3.40. The minimum Gasteiger partial charge on any atom is -0.507 e. The van der Waals surface area contributed by atoms with E-state index in [0.29, 0.717) is 28.0 Å². The molecule has 0 radical (unpaired) electrons. The number of halogens is 1. The summed E-state index contributed by atoms with van der Waals surface area (Å²) in [6, 6.07) is 13.6. The number of aliphatic hydroxyl groups is 1. The first-order chi connectivity index (χ1) is 15.0. The first kappa shape index (κ1) is 20.6. The van der Waals surface area contributed by atoms with Crippen LogP contribution in [0.2, 0.25) is 5.02 Å². The van der Waals surface area contributed by atoms with Gasteiger partial charge in [-0.2, -0.15) is 0 Å². The van der Waals surface area contributed by atoms with Gasteiger partial charge >= 0.3 is 0 Å². The molecule has 4 rings (SSSR count). The van der Waals surface area contributed by atoms with Crippen LogP contribution >= 0.6 is 11.6 Å². The van der Waals surface area contributed by atoms with E-state index in [1.165, 1.54) is 31.4 Å². The van der Waals surface area contributed by atoms with E-state index in [9.17, 15) is 14.7 Å². The molecule has 158 valence electrons. The maximum atomic E-state index is 13.1. The minimum absolute atomic E-state index is 0.124. The van der Waals surface area contributed by atoms with Gasteiger partial charge in [0.05, 0.1) is 31.6 Å². The largest absolute Gasteiger partial charge is 0.507 e. The number of hydrogen-bond donors (Lipinski definition) is 1. The van der Waals surface area contributed by atoms with Gasteiger partial charge in [0.15, 0.2) is 0 Å². The van der Waals surface area contributed by atoms with Gasteiger partial charge in [0.2, 0.25) is 0 Å². The Balaban J connectivity index is 1.95. The Hall–Kier alpha value is -3.71. The Labute approximate surface area is 183 Å². The Bertz CT molecular complexity index is 1170. The third-order valence-electron chi connectivity index (χ3n) is 5.02.